The molecule has 0 spiro atoms. The fraction of sp³-hybridized carbons (Fsp3) is 0.188. The predicted molar refractivity (Wildman–Crippen MR) is 90.9 cm³/mol. The first kappa shape index (κ1) is 16.4. The van der Waals surface area contributed by atoms with Crippen LogP contribution in [-0.4, -0.2) is 23.4 Å². The zero-order valence-corrected chi connectivity index (χ0v) is 14.2. The summed E-state index contributed by atoms with van der Waals surface area (Å²) in [7, 11) is 0. The number of hydrogen-bond donors (Lipinski definition) is 1. The van der Waals surface area contributed by atoms with Crippen molar-refractivity contribution in [3.8, 4) is 10.8 Å². The van der Waals surface area contributed by atoms with Gasteiger partial charge in [-0.2, -0.15) is 0 Å². The van der Waals surface area contributed by atoms with Crippen LogP contribution in [0.25, 0.3) is 10.8 Å². The van der Waals surface area contributed by atoms with Crippen LogP contribution in [0, 0.1) is 0 Å². The Bertz CT molecular complexity index is 794. The van der Waals surface area contributed by atoms with Crippen molar-refractivity contribution in [3.05, 3.63) is 51.9 Å². The number of rotatable bonds is 7. The van der Waals surface area contributed by atoms with Crippen LogP contribution in [0.3, 0.4) is 0 Å². The van der Waals surface area contributed by atoms with E-state index in [0.29, 0.717) is 16.3 Å². The molecule has 124 valence electrons. The fourth-order valence-electron chi connectivity index (χ4n) is 1.89. The van der Waals surface area contributed by atoms with Crippen molar-refractivity contribution in [1.82, 2.24) is 10.3 Å². The van der Waals surface area contributed by atoms with Crippen LogP contribution >= 0.6 is 22.7 Å². The largest absolute Gasteiger partial charge is 0.462 e. The first-order valence-electron chi connectivity index (χ1n) is 7.18. The van der Waals surface area contributed by atoms with Crippen LogP contribution in [0.4, 0.5) is 0 Å². The maximum Gasteiger partial charge on any atom is 0.307 e. The molecule has 0 unspecified atom stereocenters. The molecule has 0 aromatic carbocycles. The number of carbonyl (C=O) groups is 2. The average Bonchev–Trinajstić information content (AvgIpc) is 3.34. The lowest BCUT2D eigenvalue weighted by molar-refractivity contribution is -0.144. The lowest BCUT2D eigenvalue weighted by Gasteiger charge is -2.04. The molecule has 3 aromatic heterocycles. The molecule has 1 amide bonds. The standard InChI is InChI=1S/C16H14N2O4S2/c19-14(5-6-17-15(20)13-4-2-8-23-13)22-9-11-10-24-16(18-11)12-3-1-7-21-12/h1-4,7-8,10H,5-6,9H2,(H,17,20). The summed E-state index contributed by atoms with van der Waals surface area (Å²) in [5, 5.41) is 7.08. The molecule has 3 heterocycles. The Morgan fingerprint density at radius 3 is 2.92 bits per heavy atom. The van der Waals surface area contributed by atoms with Crippen molar-refractivity contribution in [3.63, 3.8) is 0 Å². The third kappa shape index (κ3) is 4.30. The number of aromatic nitrogens is 1. The van der Waals surface area contributed by atoms with Crippen molar-refractivity contribution in [2.24, 2.45) is 0 Å². The van der Waals surface area contributed by atoms with E-state index < -0.39 is 0 Å². The van der Waals surface area contributed by atoms with E-state index in [4.69, 9.17) is 9.15 Å². The van der Waals surface area contributed by atoms with E-state index in [1.807, 2.05) is 16.8 Å². The molecule has 24 heavy (non-hydrogen) atoms. The highest BCUT2D eigenvalue weighted by atomic mass is 32.1. The Hall–Kier alpha value is -2.45. The minimum absolute atomic E-state index is 0.106. The summed E-state index contributed by atoms with van der Waals surface area (Å²) in [6.45, 7) is 0.346. The molecule has 0 atom stereocenters. The van der Waals surface area contributed by atoms with E-state index in [0.717, 1.165) is 5.01 Å². The van der Waals surface area contributed by atoms with Gasteiger partial charge in [0.15, 0.2) is 10.8 Å². The number of hydrogen-bond acceptors (Lipinski definition) is 7. The van der Waals surface area contributed by atoms with Gasteiger partial charge in [-0.1, -0.05) is 6.07 Å². The summed E-state index contributed by atoms with van der Waals surface area (Å²) in [6.07, 6.45) is 1.70. The molecule has 0 radical (unpaired) electrons. The second kappa shape index (κ2) is 7.89. The number of furan rings is 1. The van der Waals surface area contributed by atoms with Gasteiger partial charge in [0, 0.05) is 11.9 Å². The maximum atomic E-state index is 11.7. The highest BCUT2D eigenvalue weighted by molar-refractivity contribution is 7.13. The van der Waals surface area contributed by atoms with Gasteiger partial charge >= 0.3 is 5.97 Å². The van der Waals surface area contributed by atoms with Gasteiger partial charge in [-0.3, -0.25) is 9.59 Å². The minimum Gasteiger partial charge on any atom is -0.462 e. The quantitative estimate of drug-likeness (QED) is 0.652. The van der Waals surface area contributed by atoms with Crippen LogP contribution < -0.4 is 5.32 Å². The van der Waals surface area contributed by atoms with Crippen LogP contribution in [0.5, 0.6) is 0 Å². The molecule has 0 bridgehead atoms. The van der Waals surface area contributed by atoms with E-state index >= 15 is 0 Å². The third-order valence-electron chi connectivity index (χ3n) is 3.02. The molecule has 3 rings (SSSR count). The van der Waals surface area contributed by atoms with Gasteiger partial charge in [-0.25, -0.2) is 4.98 Å². The highest BCUT2D eigenvalue weighted by Crippen LogP contribution is 2.24. The molecule has 6 nitrogen and oxygen atoms in total. The number of ether oxygens (including phenoxy) is 1. The van der Waals surface area contributed by atoms with Crippen molar-refractivity contribution in [1.29, 1.82) is 0 Å². The van der Waals surface area contributed by atoms with Gasteiger partial charge in [0.2, 0.25) is 0 Å². The zero-order chi connectivity index (χ0) is 16.8. The predicted octanol–water partition coefficient (Wildman–Crippen LogP) is 3.33. The first-order valence-corrected chi connectivity index (χ1v) is 8.94. The Morgan fingerprint density at radius 2 is 2.17 bits per heavy atom. The molecule has 0 saturated heterocycles. The van der Waals surface area contributed by atoms with Gasteiger partial charge < -0.3 is 14.5 Å². The summed E-state index contributed by atoms with van der Waals surface area (Å²) in [6, 6.07) is 7.15. The SMILES string of the molecule is O=C(CCNC(=O)c1cccs1)OCc1csc(-c2ccco2)n1. The van der Waals surface area contributed by atoms with Crippen molar-refractivity contribution in [2.75, 3.05) is 6.54 Å². The summed E-state index contributed by atoms with van der Waals surface area (Å²) < 4.78 is 10.4. The fourth-order valence-corrected chi connectivity index (χ4v) is 3.30. The molecular weight excluding hydrogens is 348 g/mol. The summed E-state index contributed by atoms with van der Waals surface area (Å²) in [4.78, 5) is 28.4. The molecule has 8 heteroatoms. The Labute approximate surface area is 146 Å². The first-order chi connectivity index (χ1) is 11.7. The molecule has 1 N–H and O–H groups in total. The number of esters is 1. The Kier molecular flexibility index (Phi) is 5.39. The summed E-state index contributed by atoms with van der Waals surface area (Å²) >= 11 is 2.78. The second-order valence-electron chi connectivity index (χ2n) is 4.77. The van der Waals surface area contributed by atoms with E-state index in [-0.39, 0.29) is 31.4 Å². The summed E-state index contributed by atoms with van der Waals surface area (Å²) in [5.41, 5.74) is 0.669. The van der Waals surface area contributed by atoms with Gasteiger partial charge in [0.1, 0.15) is 6.61 Å². The zero-order valence-electron chi connectivity index (χ0n) is 12.6. The van der Waals surface area contributed by atoms with E-state index in [1.165, 1.54) is 22.7 Å². The number of nitrogens with one attached hydrogen (secondary N) is 1. The van der Waals surface area contributed by atoms with Crippen LogP contribution in [0.15, 0.2) is 45.7 Å². The Balaban J connectivity index is 1.39. The van der Waals surface area contributed by atoms with Gasteiger partial charge in [0.05, 0.1) is 23.3 Å². The van der Waals surface area contributed by atoms with Gasteiger partial charge in [0.25, 0.3) is 5.91 Å². The van der Waals surface area contributed by atoms with Crippen LogP contribution in [0.2, 0.25) is 0 Å². The minimum atomic E-state index is -0.381. The van der Waals surface area contributed by atoms with E-state index in [1.54, 1.807) is 24.5 Å². The van der Waals surface area contributed by atoms with Crippen LogP contribution in [-0.2, 0) is 16.1 Å². The van der Waals surface area contributed by atoms with E-state index in [9.17, 15) is 9.59 Å². The van der Waals surface area contributed by atoms with Crippen molar-refractivity contribution < 1.29 is 18.7 Å². The molecule has 3 aromatic rings. The van der Waals surface area contributed by atoms with Gasteiger partial charge in [-0.05, 0) is 23.6 Å². The number of thiophene rings is 1. The molecule has 0 aliphatic carbocycles. The maximum absolute atomic E-state index is 11.7. The van der Waals surface area contributed by atoms with Crippen LogP contribution in [0.1, 0.15) is 21.8 Å². The number of nitrogens with zero attached hydrogens (tertiary/aromatic N) is 1. The average molecular weight is 362 g/mol. The third-order valence-corrected chi connectivity index (χ3v) is 4.80. The summed E-state index contributed by atoms with van der Waals surface area (Å²) in [5.74, 6) is 0.128. The number of carbonyl (C=O) groups excluding carboxylic acids is 2. The number of amides is 1. The van der Waals surface area contributed by atoms with E-state index in [2.05, 4.69) is 10.3 Å². The molecule has 0 fully saturated rings. The lowest BCUT2D eigenvalue weighted by atomic mass is 10.4. The molecule has 0 saturated carbocycles. The smallest absolute Gasteiger partial charge is 0.307 e. The topological polar surface area (TPSA) is 81.4 Å². The molecular formula is C16H14N2O4S2. The van der Waals surface area contributed by atoms with Crippen molar-refractivity contribution in [2.45, 2.75) is 13.0 Å². The van der Waals surface area contributed by atoms with Crippen molar-refractivity contribution >= 4 is 34.6 Å². The monoisotopic (exact) mass is 362 g/mol. The highest BCUT2D eigenvalue weighted by Gasteiger charge is 2.10. The normalized spacial score (nSPS) is 10.5. The second-order valence-corrected chi connectivity index (χ2v) is 6.57. The lowest BCUT2D eigenvalue weighted by Crippen LogP contribution is -2.25. The number of thiazole rings is 1. The molecule has 0 aliphatic rings. The van der Waals surface area contributed by atoms with Gasteiger partial charge in [-0.15, -0.1) is 22.7 Å². The molecule has 0 aliphatic heterocycles. The Morgan fingerprint density at radius 1 is 1.25 bits per heavy atom.